The second-order valence-corrected chi connectivity index (χ2v) is 4.86. The van der Waals surface area contributed by atoms with Gasteiger partial charge in [0.05, 0.1) is 17.9 Å². The number of aromatic nitrogens is 3. The minimum Gasteiger partial charge on any atom is -0.243 e. The minimum atomic E-state index is 0.306. The Balaban J connectivity index is 2.35. The van der Waals surface area contributed by atoms with E-state index >= 15 is 0 Å². The molecule has 14 heavy (non-hydrogen) atoms. The molecule has 0 aliphatic carbocycles. The van der Waals surface area contributed by atoms with Crippen LogP contribution in [0.5, 0.6) is 0 Å². The molecule has 0 saturated carbocycles. The molecule has 0 aliphatic heterocycles. The topological polar surface area (TPSA) is 30.2 Å². The molecule has 0 amide bonds. The number of nitrogens with zero attached hydrogens (tertiary/aromatic N) is 3. The van der Waals surface area contributed by atoms with Crippen molar-refractivity contribution < 1.29 is 0 Å². The van der Waals surface area contributed by atoms with Crippen LogP contribution in [0, 0.1) is 5.41 Å². The average molecular weight is 189 g/mol. The molecule has 0 atom stereocenters. The summed E-state index contributed by atoms with van der Waals surface area (Å²) >= 11 is 0. The maximum atomic E-state index is 4.28. The van der Waals surface area contributed by atoms with Gasteiger partial charge in [-0.1, -0.05) is 20.8 Å². The molecule has 0 fully saturated rings. The van der Waals surface area contributed by atoms with Crippen LogP contribution in [0.15, 0.2) is 24.8 Å². The molecule has 0 bridgehead atoms. The standard InChI is InChI=1S/C11H15N3/c1-11(2,3)5-9-4-10-7-12-8-14(10)13-6-9/h4,6-8H,5H2,1-3H3. The van der Waals surface area contributed by atoms with Crippen molar-refractivity contribution in [3.63, 3.8) is 0 Å². The van der Waals surface area contributed by atoms with Crippen LogP contribution in [-0.4, -0.2) is 14.6 Å². The van der Waals surface area contributed by atoms with Crippen LogP contribution in [0.4, 0.5) is 0 Å². The van der Waals surface area contributed by atoms with Gasteiger partial charge >= 0.3 is 0 Å². The van der Waals surface area contributed by atoms with Gasteiger partial charge in [-0.15, -0.1) is 0 Å². The molecule has 2 heterocycles. The maximum Gasteiger partial charge on any atom is 0.117 e. The third-order valence-corrected chi connectivity index (χ3v) is 2.06. The van der Waals surface area contributed by atoms with Crippen LogP contribution in [-0.2, 0) is 6.42 Å². The fourth-order valence-electron chi connectivity index (χ4n) is 1.57. The summed E-state index contributed by atoms with van der Waals surface area (Å²) in [5, 5.41) is 4.28. The molecule has 3 nitrogen and oxygen atoms in total. The fourth-order valence-corrected chi connectivity index (χ4v) is 1.57. The number of imidazole rings is 1. The largest absolute Gasteiger partial charge is 0.243 e. The number of hydrogen-bond acceptors (Lipinski definition) is 2. The van der Waals surface area contributed by atoms with E-state index in [0.717, 1.165) is 11.9 Å². The van der Waals surface area contributed by atoms with Gasteiger partial charge in [0, 0.05) is 0 Å². The first-order valence-corrected chi connectivity index (χ1v) is 4.82. The fraction of sp³-hybridized carbons (Fsp3) is 0.455. The lowest BCUT2D eigenvalue weighted by atomic mass is 9.89. The van der Waals surface area contributed by atoms with Crippen molar-refractivity contribution in [2.24, 2.45) is 5.41 Å². The zero-order valence-electron chi connectivity index (χ0n) is 8.86. The molecule has 0 radical (unpaired) electrons. The van der Waals surface area contributed by atoms with Crippen molar-refractivity contribution in [1.82, 2.24) is 14.6 Å². The molecule has 3 heteroatoms. The van der Waals surface area contributed by atoms with Crippen LogP contribution in [0.1, 0.15) is 26.3 Å². The molecule has 2 aromatic rings. The SMILES string of the molecule is CC(C)(C)Cc1cnn2cncc2c1. The van der Waals surface area contributed by atoms with Gasteiger partial charge < -0.3 is 0 Å². The second kappa shape index (κ2) is 3.08. The van der Waals surface area contributed by atoms with E-state index < -0.39 is 0 Å². The predicted octanol–water partition coefficient (Wildman–Crippen LogP) is 2.32. The lowest BCUT2D eigenvalue weighted by Gasteiger charge is -2.17. The first-order valence-electron chi connectivity index (χ1n) is 4.82. The van der Waals surface area contributed by atoms with E-state index in [1.807, 2.05) is 12.4 Å². The first kappa shape index (κ1) is 9.19. The average Bonchev–Trinajstić information content (AvgIpc) is 2.47. The zero-order chi connectivity index (χ0) is 10.2. The molecule has 0 unspecified atom stereocenters. The van der Waals surface area contributed by atoms with Gasteiger partial charge in [-0.05, 0) is 23.5 Å². The Morgan fingerprint density at radius 1 is 1.29 bits per heavy atom. The third kappa shape index (κ3) is 1.92. The smallest absolute Gasteiger partial charge is 0.117 e. The maximum absolute atomic E-state index is 4.28. The summed E-state index contributed by atoms with van der Waals surface area (Å²) in [7, 11) is 0. The van der Waals surface area contributed by atoms with Crippen molar-refractivity contribution in [3.05, 3.63) is 30.4 Å². The molecule has 74 valence electrons. The highest BCUT2D eigenvalue weighted by Crippen LogP contribution is 2.20. The quantitative estimate of drug-likeness (QED) is 0.689. The highest BCUT2D eigenvalue weighted by atomic mass is 15.2. The zero-order valence-corrected chi connectivity index (χ0v) is 8.86. The highest BCUT2D eigenvalue weighted by Gasteiger charge is 2.11. The lowest BCUT2D eigenvalue weighted by molar-refractivity contribution is 0.410. The molecule has 2 rings (SSSR count). The van der Waals surface area contributed by atoms with Gasteiger partial charge in [0.2, 0.25) is 0 Å². The monoisotopic (exact) mass is 189 g/mol. The Kier molecular flexibility index (Phi) is 2.02. The summed E-state index contributed by atoms with van der Waals surface area (Å²) in [5.41, 5.74) is 2.64. The normalized spacial score (nSPS) is 12.2. The summed E-state index contributed by atoms with van der Waals surface area (Å²) in [6, 6.07) is 2.14. The Morgan fingerprint density at radius 3 is 2.79 bits per heavy atom. The van der Waals surface area contributed by atoms with Gasteiger partial charge in [0.1, 0.15) is 6.33 Å². The van der Waals surface area contributed by atoms with Gasteiger partial charge in [0.15, 0.2) is 0 Å². The van der Waals surface area contributed by atoms with Crippen molar-refractivity contribution in [3.8, 4) is 0 Å². The number of rotatable bonds is 1. The molecular weight excluding hydrogens is 174 g/mol. The molecule has 0 spiro atoms. The van der Waals surface area contributed by atoms with E-state index in [1.54, 1.807) is 10.8 Å². The van der Waals surface area contributed by atoms with Crippen LogP contribution >= 0.6 is 0 Å². The van der Waals surface area contributed by atoms with Crippen LogP contribution < -0.4 is 0 Å². The van der Waals surface area contributed by atoms with Crippen LogP contribution in [0.25, 0.3) is 5.52 Å². The highest BCUT2D eigenvalue weighted by molar-refractivity contribution is 5.45. The second-order valence-electron chi connectivity index (χ2n) is 4.86. The minimum absolute atomic E-state index is 0.306. The van der Waals surface area contributed by atoms with Gasteiger partial charge in [-0.3, -0.25) is 0 Å². The van der Waals surface area contributed by atoms with Gasteiger partial charge in [-0.2, -0.15) is 5.10 Å². The van der Waals surface area contributed by atoms with Crippen LogP contribution in [0.3, 0.4) is 0 Å². The molecule has 0 aliphatic rings. The van der Waals surface area contributed by atoms with E-state index in [1.165, 1.54) is 5.56 Å². The van der Waals surface area contributed by atoms with E-state index in [9.17, 15) is 0 Å². The summed E-state index contributed by atoms with van der Waals surface area (Å²) < 4.78 is 1.78. The Bertz CT molecular complexity index is 437. The Hall–Kier alpha value is -1.38. The van der Waals surface area contributed by atoms with E-state index in [2.05, 4.69) is 36.9 Å². The molecule has 0 aromatic carbocycles. The molecule has 0 saturated heterocycles. The van der Waals surface area contributed by atoms with Gasteiger partial charge in [0.25, 0.3) is 0 Å². The molecular formula is C11H15N3. The summed E-state index contributed by atoms with van der Waals surface area (Å²) in [6.07, 6.45) is 6.51. The van der Waals surface area contributed by atoms with Crippen molar-refractivity contribution >= 4 is 5.52 Å². The summed E-state index contributed by atoms with van der Waals surface area (Å²) in [5.74, 6) is 0. The van der Waals surface area contributed by atoms with E-state index in [0.29, 0.717) is 5.41 Å². The van der Waals surface area contributed by atoms with Crippen molar-refractivity contribution in [2.75, 3.05) is 0 Å². The predicted molar refractivity (Wildman–Crippen MR) is 56.1 cm³/mol. The van der Waals surface area contributed by atoms with Crippen molar-refractivity contribution in [2.45, 2.75) is 27.2 Å². The van der Waals surface area contributed by atoms with E-state index in [4.69, 9.17) is 0 Å². The molecule has 2 aromatic heterocycles. The number of fused-ring (bicyclic) bond motifs is 1. The summed E-state index contributed by atoms with van der Waals surface area (Å²) in [4.78, 5) is 4.04. The first-order chi connectivity index (χ1) is 6.54. The van der Waals surface area contributed by atoms with E-state index in [-0.39, 0.29) is 0 Å². The van der Waals surface area contributed by atoms with Gasteiger partial charge in [-0.25, -0.2) is 9.50 Å². The lowest BCUT2D eigenvalue weighted by Crippen LogP contribution is -2.09. The van der Waals surface area contributed by atoms with Crippen molar-refractivity contribution in [1.29, 1.82) is 0 Å². The Labute approximate surface area is 83.8 Å². The third-order valence-electron chi connectivity index (χ3n) is 2.06. The molecule has 0 N–H and O–H groups in total. The summed E-state index contributed by atoms with van der Waals surface area (Å²) in [6.45, 7) is 6.69. The Morgan fingerprint density at radius 2 is 2.07 bits per heavy atom. The number of hydrogen-bond donors (Lipinski definition) is 0. The van der Waals surface area contributed by atoms with Crippen LogP contribution in [0.2, 0.25) is 0 Å².